The molecule has 0 atom stereocenters. The highest BCUT2D eigenvalue weighted by atomic mass is 35.5. The number of alkyl halides is 6. The summed E-state index contributed by atoms with van der Waals surface area (Å²) in [6.45, 7) is 3.01. The minimum absolute atomic E-state index is 0.000748. The molecule has 0 aliphatic carbocycles. The number of hydrogen-bond donors (Lipinski definition) is 1. The number of methoxy groups -OCH3 is 2. The first-order valence-corrected chi connectivity index (χ1v) is 21.0. The van der Waals surface area contributed by atoms with Gasteiger partial charge in [-0.15, -0.1) is 0 Å². The van der Waals surface area contributed by atoms with E-state index in [2.05, 4.69) is 19.7 Å². The minimum atomic E-state index is -4.80. The summed E-state index contributed by atoms with van der Waals surface area (Å²) >= 11 is 25.3. The SMILES string of the molecule is COC(=O)c1ccc(Cl)c(Cc2cc3c(C)cc(C(F)(F)F)nc3[nH]2)c1Cl.COC(=O)c1ccc(Cl)c(Cc2cc3c(C)cc(C(F)(F)F)nc3n2S(=O)(=O)c2ccccc2)c1Cl. The van der Waals surface area contributed by atoms with Crippen LogP contribution in [0.2, 0.25) is 20.1 Å². The maximum atomic E-state index is 13.7. The van der Waals surface area contributed by atoms with Gasteiger partial charge < -0.3 is 14.5 Å². The molecule has 4 heterocycles. The van der Waals surface area contributed by atoms with Crippen molar-refractivity contribution >= 4 is 90.4 Å². The number of aromatic amines is 1. The van der Waals surface area contributed by atoms with Gasteiger partial charge in [0.05, 0.1) is 40.3 Å². The summed E-state index contributed by atoms with van der Waals surface area (Å²) in [6.07, 6.45) is -9.39. The zero-order chi connectivity index (χ0) is 46.3. The summed E-state index contributed by atoms with van der Waals surface area (Å²) in [5, 5.41) is 1.29. The molecular formula is C42H30Cl4F6N4O6S. The van der Waals surface area contributed by atoms with Crippen molar-refractivity contribution in [2.75, 3.05) is 14.2 Å². The fourth-order valence-electron chi connectivity index (χ4n) is 6.58. The third kappa shape index (κ3) is 9.62. The van der Waals surface area contributed by atoms with E-state index in [9.17, 15) is 44.3 Å². The Balaban J connectivity index is 0.000000219. The second-order valence-electron chi connectivity index (χ2n) is 13.8. The van der Waals surface area contributed by atoms with E-state index in [1.807, 2.05) is 0 Å². The quantitative estimate of drug-likeness (QED) is 0.118. The Hall–Kier alpha value is -5.33. The molecule has 10 nitrogen and oxygen atoms in total. The van der Waals surface area contributed by atoms with E-state index in [1.165, 1.54) is 75.7 Å². The monoisotopic (exact) mass is 972 g/mol. The lowest BCUT2D eigenvalue weighted by molar-refractivity contribution is -0.141. The molecule has 0 saturated carbocycles. The molecule has 0 aliphatic heterocycles. The molecule has 1 N–H and O–H groups in total. The van der Waals surface area contributed by atoms with Gasteiger partial charge in [0, 0.05) is 45.0 Å². The van der Waals surface area contributed by atoms with Crippen LogP contribution in [0.3, 0.4) is 0 Å². The first-order valence-electron chi connectivity index (χ1n) is 18.0. The fraction of sp³-hybridized carbons (Fsp3) is 0.190. The van der Waals surface area contributed by atoms with Crippen molar-refractivity contribution in [3.8, 4) is 0 Å². The standard InChI is InChI=1S/C24H17Cl2F3N2O4S.C18H13Cl2F3N2O2/c1-13-10-20(24(27,28)29)30-22-17(13)11-14(31(22)36(33,34)15-6-4-3-5-7-15)12-18-19(25)9-8-16(21(18)26)23(32)35-2;1-8-5-14(18(21,22)23)25-16-11(8)6-9(24-16)7-12-13(19)4-3-10(15(12)20)17(26)27-2/h3-11H,12H2,1-2H3;3-6H,7H2,1-2H3,(H,24,25). The van der Waals surface area contributed by atoms with Gasteiger partial charge in [0.2, 0.25) is 0 Å². The number of carbonyl (C=O) groups is 2. The van der Waals surface area contributed by atoms with Crippen LogP contribution in [0.1, 0.15) is 65.7 Å². The molecule has 3 aromatic carbocycles. The molecule has 0 fully saturated rings. The number of esters is 2. The van der Waals surface area contributed by atoms with Crippen LogP contribution < -0.4 is 0 Å². The van der Waals surface area contributed by atoms with E-state index in [0.29, 0.717) is 27.2 Å². The van der Waals surface area contributed by atoms with E-state index in [0.717, 1.165) is 16.1 Å². The van der Waals surface area contributed by atoms with Crippen molar-refractivity contribution in [1.29, 1.82) is 0 Å². The van der Waals surface area contributed by atoms with E-state index >= 15 is 0 Å². The van der Waals surface area contributed by atoms with Gasteiger partial charge in [-0.05, 0) is 96.8 Å². The summed E-state index contributed by atoms with van der Waals surface area (Å²) in [5.74, 6) is -1.34. The molecule has 4 aromatic heterocycles. The number of H-pyrrole nitrogens is 1. The molecule has 7 rings (SSSR count). The number of rotatable bonds is 8. The molecule has 0 spiro atoms. The van der Waals surface area contributed by atoms with Crippen LogP contribution >= 0.6 is 46.4 Å². The highest BCUT2D eigenvalue weighted by Crippen LogP contribution is 2.38. The van der Waals surface area contributed by atoms with E-state index < -0.39 is 51.3 Å². The maximum Gasteiger partial charge on any atom is 0.433 e. The van der Waals surface area contributed by atoms with Gasteiger partial charge in [0.25, 0.3) is 10.0 Å². The smallest absolute Gasteiger partial charge is 0.433 e. The van der Waals surface area contributed by atoms with Crippen molar-refractivity contribution < 1.29 is 53.8 Å². The maximum absolute atomic E-state index is 13.7. The molecule has 7 aromatic rings. The van der Waals surface area contributed by atoms with Gasteiger partial charge in [-0.1, -0.05) is 64.6 Å². The summed E-state index contributed by atoms with van der Waals surface area (Å²) in [4.78, 5) is 34.0. The second kappa shape index (κ2) is 18.0. The van der Waals surface area contributed by atoms with Gasteiger partial charge in [-0.25, -0.2) is 31.9 Å². The Morgan fingerprint density at radius 1 is 0.683 bits per heavy atom. The first kappa shape index (κ1) is 47.2. The first-order chi connectivity index (χ1) is 29.5. The van der Waals surface area contributed by atoms with Crippen LogP contribution in [-0.2, 0) is 44.7 Å². The number of pyridine rings is 2. The third-order valence-corrected chi connectivity index (χ3v) is 13.0. The number of aromatic nitrogens is 4. The van der Waals surface area contributed by atoms with Gasteiger partial charge in [0.1, 0.15) is 17.0 Å². The average molecular weight is 975 g/mol. The number of nitrogens with one attached hydrogen (secondary N) is 1. The zero-order valence-electron chi connectivity index (χ0n) is 32.9. The predicted molar refractivity (Wildman–Crippen MR) is 226 cm³/mol. The van der Waals surface area contributed by atoms with Crippen molar-refractivity contribution in [2.24, 2.45) is 0 Å². The van der Waals surface area contributed by atoms with Crippen LogP contribution in [-0.4, -0.2) is 53.5 Å². The highest BCUT2D eigenvalue weighted by Gasteiger charge is 2.36. The number of benzene rings is 3. The number of aryl methyl sites for hydroxylation is 2. The lowest BCUT2D eigenvalue weighted by atomic mass is 10.1. The molecule has 0 aliphatic rings. The summed E-state index contributed by atoms with van der Waals surface area (Å²) in [6, 6.07) is 17.9. The van der Waals surface area contributed by atoms with Gasteiger partial charge >= 0.3 is 24.3 Å². The van der Waals surface area contributed by atoms with Crippen molar-refractivity contribution in [3.63, 3.8) is 0 Å². The highest BCUT2D eigenvalue weighted by molar-refractivity contribution is 7.90. The molecule has 63 heavy (non-hydrogen) atoms. The summed E-state index contributed by atoms with van der Waals surface area (Å²) in [5.41, 5.74) is -0.430. The van der Waals surface area contributed by atoms with Gasteiger partial charge in [0.15, 0.2) is 5.65 Å². The van der Waals surface area contributed by atoms with Crippen molar-refractivity contribution in [3.05, 3.63) is 155 Å². The number of fused-ring (bicyclic) bond motifs is 2. The average Bonchev–Trinajstić information content (AvgIpc) is 3.82. The molecule has 0 unspecified atom stereocenters. The second-order valence-corrected chi connectivity index (χ2v) is 17.1. The van der Waals surface area contributed by atoms with Crippen LogP contribution in [0.15, 0.2) is 83.8 Å². The number of ether oxygens (including phenoxy) is 2. The third-order valence-electron chi connectivity index (χ3n) is 9.64. The van der Waals surface area contributed by atoms with Crippen LogP contribution in [0.4, 0.5) is 26.3 Å². The van der Waals surface area contributed by atoms with Crippen LogP contribution in [0.5, 0.6) is 0 Å². The Morgan fingerprint density at radius 2 is 1.17 bits per heavy atom. The van der Waals surface area contributed by atoms with Gasteiger partial charge in [-0.3, -0.25) is 0 Å². The summed E-state index contributed by atoms with van der Waals surface area (Å²) in [7, 11) is -2.00. The molecule has 0 amide bonds. The largest absolute Gasteiger partial charge is 0.465 e. The molecule has 21 heteroatoms. The number of carbonyl (C=O) groups excluding carboxylic acids is 2. The Labute approximate surface area is 374 Å². The Bertz CT molecular complexity index is 3050. The number of hydrogen-bond acceptors (Lipinski definition) is 8. The van der Waals surface area contributed by atoms with E-state index in [4.69, 9.17) is 51.1 Å². The fourth-order valence-corrected chi connectivity index (χ4v) is 9.25. The normalized spacial score (nSPS) is 12.0. The van der Waals surface area contributed by atoms with E-state index in [1.54, 1.807) is 19.1 Å². The number of halogens is 10. The predicted octanol–water partition coefficient (Wildman–Crippen LogP) is 11.9. The van der Waals surface area contributed by atoms with Crippen molar-refractivity contribution in [2.45, 2.75) is 43.9 Å². The molecule has 0 saturated heterocycles. The summed E-state index contributed by atoms with van der Waals surface area (Å²) < 4.78 is 117. The van der Waals surface area contributed by atoms with Crippen LogP contribution in [0, 0.1) is 13.8 Å². The molecule has 0 radical (unpaired) electrons. The molecule has 0 bridgehead atoms. The lowest BCUT2D eigenvalue weighted by Gasteiger charge is -2.15. The number of nitrogens with zero attached hydrogens (tertiary/aromatic N) is 3. The minimum Gasteiger partial charge on any atom is -0.465 e. The zero-order valence-corrected chi connectivity index (χ0v) is 36.7. The topological polar surface area (TPSA) is 133 Å². The van der Waals surface area contributed by atoms with E-state index in [-0.39, 0.29) is 71.8 Å². The molecule has 330 valence electrons. The Kier molecular flexibility index (Phi) is 13.5. The lowest BCUT2D eigenvalue weighted by Crippen LogP contribution is -2.18. The van der Waals surface area contributed by atoms with Crippen LogP contribution in [0.25, 0.3) is 22.1 Å². The van der Waals surface area contributed by atoms with Gasteiger partial charge in [-0.2, -0.15) is 26.3 Å². The molecular weight excluding hydrogens is 944 g/mol. The Morgan fingerprint density at radius 3 is 1.68 bits per heavy atom. The van der Waals surface area contributed by atoms with Crippen molar-refractivity contribution in [1.82, 2.24) is 18.9 Å².